The molecule has 37 heavy (non-hydrogen) atoms. The van der Waals surface area contributed by atoms with Crippen molar-refractivity contribution in [3.8, 4) is 5.75 Å². The molecule has 1 aliphatic heterocycles. The zero-order valence-corrected chi connectivity index (χ0v) is 21.6. The van der Waals surface area contributed by atoms with Crippen LogP contribution in [0.15, 0.2) is 51.9 Å². The molecule has 2 atom stereocenters. The fraction of sp³-hybridized carbons (Fsp3) is 0.481. The average Bonchev–Trinajstić information content (AvgIpc) is 3.65. The summed E-state index contributed by atoms with van der Waals surface area (Å²) >= 11 is 0. The van der Waals surface area contributed by atoms with Crippen molar-refractivity contribution in [2.45, 2.75) is 65.4 Å². The summed E-state index contributed by atoms with van der Waals surface area (Å²) in [5, 5.41) is 13.7. The van der Waals surface area contributed by atoms with Gasteiger partial charge in [0.2, 0.25) is 0 Å². The van der Waals surface area contributed by atoms with Crippen LogP contribution in [-0.4, -0.2) is 49.4 Å². The Morgan fingerprint density at radius 2 is 2.14 bits per heavy atom. The number of nitrogens with one attached hydrogen (secondary N) is 1. The van der Waals surface area contributed by atoms with Crippen molar-refractivity contribution in [1.82, 2.24) is 30.1 Å². The Morgan fingerprint density at radius 3 is 2.86 bits per heavy atom. The first-order valence-corrected chi connectivity index (χ1v) is 12.9. The number of nitrogens with zero attached hydrogens (tertiary/aromatic N) is 5. The second-order valence-corrected chi connectivity index (χ2v) is 9.83. The lowest BCUT2D eigenvalue weighted by Gasteiger charge is -2.33. The minimum absolute atomic E-state index is 0.108. The number of aromatic amines is 1. The summed E-state index contributed by atoms with van der Waals surface area (Å²) in [6, 6.07) is 11.3. The third kappa shape index (κ3) is 5.75. The van der Waals surface area contributed by atoms with Crippen LogP contribution in [-0.2, 0) is 24.4 Å². The second-order valence-electron chi connectivity index (χ2n) is 9.83. The van der Waals surface area contributed by atoms with Crippen LogP contribution < -0.4 is 10.3 Å². The van der Waals surface area contributed by atoms with E-state index in [0.29, 0.717) is 31.8 Å². The van der Waals surface area contributed by atoms with Crippen molar-refractivity contribution in [3.63, 3.8) is 0 Å². The number of benzene rings is 1. The third-order valence-corrected chi connectivity index (χ3v) is 6.77. The fourth-order valence-electron chi connectivity index (χ4n) is 5.10. The number of ether oxygens (including phenoxy) is 2. The van der Waals surface area contributed by atoms with E-state index in [1.165, 1.54) is 0 Å². The van der Waals surface area contributed by atoms with Crippen molar-refractivity contribution in [1.29, 1.82) is 0 Å². The first-order valence-electron chi connectivity index (χ1n) is 12.9. The van der Waals surface area contributed by atoms with Gasteiger partial charge >= 0.3 is 0 Å². The van der Waals surface area contributed by atoms with Crippen molar-refractivity contribution >= 4 is 10.9 Å². The van der Waals surface area contributed by atoms with E-state index in [1.54, 1.807) is 6.26 Å². The van der Waals surface area contributed by atoms with E-state index >= 15 is 0 Å². The zero-order chi connectivity index (χ0) is 25.8. The minimum Gasteiger partial charge on any atom is -0.494 e. The molecular weight excluding hydrogens is 472 g/mol. The van der Waals surface area contributed by atoms with E-state index in [2.05, 4.69) is 39.3 Å². The standard InChI is InChI=1S/C27H34N6O4/c1-4-35-21-9-10-24-19(14-21)13-20(27(34)28-24)15-32(16-22-7-5-11-36-22)25(18(2)3)26-29-30-31-33(26)17-23-8-6-12-37-23/h5,7,9-11,13-14,18,23,25H,4,6,8,12,15-17H2,1-3H3,(H,28,34)/t23-,25+/m1/s1. The number of pyridine rings is 1. The summed E-state index contributed by atoms with van der Waals surface area (Å²) in [5.41, 5.74) is 1.30. The lowest BCUT2D eigenvalue weighted by molar-refractivity contribution is 0.0836. The van der Waals surface area contributed by atoms with Crippen LogP contribution in [0.5, 0.6) is 5.75 Å². The van der Waals surface area contributed by atoms with Gasteiger partial charge in [-0.3, -0.25) is 9.69 Å². The molecule has 1 saturated heterocycles. The molecule has 1 fully saturated rings. The van der Waals surface area contributed by atoms with Crippen LogP contribution in [0.1, 0.15) is 56.8 Å². The van der Waals surface area contributed by atoms with Crippen LogP contribution in [0, 0.1) is 5.92 Å². The molecule has 1 aliphatic rings. The molecule has 0 amide bonds. The summed E-state index contributed by atoms with van der Waals surface area (Å²) in [5.74, 6) is 2.50. The van der Waals surface area contributed by atoms with E-state index in [1.807, 2.05) is 48.0 Å². The molecule has 196 valence electrons. The highest BCUT2D eigenvalue weighted by atomic mass is 16.5. The number of hydrogen-bond donors (Lipinski definition) is 1. The van der Waals surface area contributed by atoms with E-state index in [4.69, 9.17) is 13.9 Å². The third-order valence-electron chi connectivity index (χ3n) is 6.77. The van der Waals surface area contributed by atoms with Gasteiger partial charge in [-0.2, -0.15) is 0 Å². The number of rotatable bonds is 11. The Balaban J connectivity index is 1.51. The molecule has 0 unspecified atom stereocenters. The molecule has 0 spiro atoms. The van der Waals surface area contributed by atoms with Crippen LogP contribution in [0.3, 0.4) is 0 Å². The van der Waals surface area contributed by atoms with Crippen LogP contribution in [0.25, 0.3) is 10.9 Å². The monoisotopic (exact) mass is 506 g/mol. The van der Waals surface area contributed by atoms with Crippen LogP contribution in [0.2, 0.25) is 0 Å². The number of tetrazole rings is 1. The number of H-pyrrole nitrogens is 1. The molecule has 5 rings (SSSR count). The molecule has 1 aromatic carbocycles. The van der Waals surface area contributed by atoms with Gasteiger partial charge in [0.25, 0.3) is 5.56 Å². The van der Waals surface area contributed by atoms with Crippen molar-refractivity contribution < 1.29 is 13.9 Å². The molecular formula is C27H34N6O4. The van der Waals surface area contributed by atoms with Gasteiger partial charge in [-0.1, -0.05) is 13.8 Å². The van der Waals surface area contributed by atoms with Crippen molar-refractivity contribution in [2.75, 3.05) is 13.2 Å². The lowest BCUT2D eigenvalue weighted by atomic mass is 10.00. The van der Waals surface area contributed by atoms with Crippen LogP contribution in [0.4, 0.5) is 0 Å². The highest BCUT2D eigenvalue weighted by Gasteiger charge is 2.31. The van der Waals surface area contributed by atoms with Gasteiger partial charge in [-0.25, -0.2) is 4.68 Å². The van der Waals surface area contributed by atoms with E-state index in [0.717, 1.165) is 47.7 Å². The van der Waals surface area contributed by atoms with E-state index in [9.17, 15) is 4.79 Å². The molecule has 0 aliphatic carbocycles. The minimum atomic E-state index is -0.161. The topological polar surface area (TPSA) is 111 Å². The van der Waals surface area contributed by atoms with E-state index < -0.39 is 0 Å². The number of aromatic nitrogens is 5. The first-order chi connectivity index (χ1) is 18.0. The highest BCUT2D eigenvalue weighted by molar-refractivity contribution is 5.80. The van der Waals surface area contributed by atoms with Gasteiger partial charge in [0.05, 0.1) is 38.1 Å². The van der Waals surface area contributed by atoms with Gasteiger partial charge in [-0.05, 0) is 72.5 Å². The average molecular weight is 507 g/mol. The molecule has 4 aromatic rings. The normalized spacial score (nSPS) is 16.7. The van der Waals surface area contributed by atoms with Crippen LogP contribution >= 0.6 is 0 Å². The Labute approximate surface area is 215 Å². The molecule has 1 N–H and O–H groups in total. The quantitative estimate of drug-likeness (QED) is 0.324. The Hall–Kier alpha value is -3.50. The first kappa shape index (κ1) is 25.2. The highest BCUT2D eigenvalue weighted by Crippen LogP contribution is 2.31. The molecule has 0 bridgehead atoms. The van der Waals surface area contributed by atoms with Gasteiger partial charge in [0.1, 0.15) is 11.5 Å². The van der Waals surface area contributed by atoms with Gasteiger partial charge in [-0.15, -0.1) is 5.10 Å². The maximum Gasteiger partial charge on any atom is 0.252 e. The van der Waals surface area contributed by atoms with Gasteiger partial charge in [0, 0.05) is 29.6 Å². The number of hydrogen-bond acceptors (Lipinski definition) is 8. The smallest absolute Gasteiger partial charge is 0.252 e. The summed E-state index contributed by atoms with van der Waals surface area (Å²) in [7, 11) is 0. The molecule has 3 aromatic heterocycles. The molecule has 0 saturated carbocycles. The Bertz CT molecular complexity index is 1360. The molecule has 4 heterocycles. The molecule has 10 heteroatoms. The Morgan fingerprint density at radius 1 is 1.24 bits per heavy atom. The number of furan rings is 1. The SMILES string of the molecule is CCOc1ccc2[nH]c(=O)c(CN(Cc3ccco3)[C@H](c3nnnn3C[C@H]3CCCO3)C(C)C)cc2c1. The predicted octanol–water partition coefficient (Wildman–Crippen LogP) is 4.08. The summed E-state index contributed by atoms with van der Waals surface area (Å²) in [4.78, 5) is 18.4. The van der Waals surface area contributed by atoms with Gasteiger partial charge in [0.15, 0.2) is 5.82 Å². The van der Waals surface area contributed by atoms with Gasteiger partial charge < -0.3 is 18.9 Å². The maximum atomic E-state index is 13.2. The number of fused-ring (bicyclic) bond motifs is 1. The maximum absolute atomic E-state index is 13.2. The second kappa shape index (κ2) is 11.3. The zero-order valence-electron chi connectivity index (χ0n) is 21.6. The predicted molar refractivity (Wildman–Crippen MR) is 138 cm³/mol. The fourth-order valence-corrected chi connectivity index (χ4v) is 5.10. The Kier molecular flexibility index (Phi) is 7.66. The molecule has 0 radical (unpaired) electrons. The largest absolute Gasteiger partial charge is 0.494 e. The van der Waals surface area contributed by atoms with Crippen molar-refractivity contribution in [2.24, 2.45) is 5.92 Å². The summed E-state index contributed by atoms with van der Waals surface area (Å²) in [6.45, 7) is 9.09. The summed E-state index contributed by atoms with van der Waals surface area (Å²) in [6.07, 6.45) is 3.82. The van der Waals surface area contributed by atoms with Crippen molar-refractivity contribution in [3.05, 3.63) is 70.2 Å². The van der Waals surface area contributed by atoms with E-state index in [-0.39, 0.29) is 23.6 Å². The molecule has 10 nitrogen and oxygen atoms in total. The summed E-state index contributed by atoms with van der Waals surface area (Å²) < 4.78 is 19.1. The lowest BCUT2D eigenvalue weighted by Crippen LogP contribution is -2.35.